The van der Waals surface area contributed by atoms with E-state index in [0.29, 0.717) is 23.5 Å². The van der Waals surface area contributed by atoms with E-state index in [-0.39, 0.29) is 18.5 Å². The molecule has 1 aliphatic rings. The second-order valence-electron chi connectivity index (χ2n) is 4.71. The highest BCUT2D eigenvalue weighted by Crippen LogP contribution is 2.37. The summed E-state index contributed by atoms with van der Waals surface area (Å²) in [4.78, 5) is 12.7. The van der Waals surface area contributed by atoms with Crippen LogP contribution in [-0.4, -0.2) is 37.8 Å². The maximum Gasteiger partial charge on any atom is 0.224 e. The van der Waals surface area contributed by atoms with Gasteiger partial charge in [-0.2, -0.15) is 9.97 Å². The highest BCUT2D eigenvalue weighted by atomic mass is 16.3. The highest BCUT2D eigenvalue weighted by Gasteiger charge is 2.29. The van der Waals surface area contributed by atoms with Gasteiger partial charge in [-0.05, 0) is 12.0 Å². The van der Waals surface area contributed by atoms with Crippen LogP contribution in [0.2, 0.25) is 0 Å². The van der Waals surface area contributed by atoms with Crippen molar-refractivity contribution in [3.63, 3.8) is 0 Å². The van der Waals surface area contributed by atoms with E-state index in [1.54, 1.807) is 12.4 Å². The maximum absolute atomic E-state index is 9.07. The number of aliphatic hydroxyl groups excluding tert-OH is 1. The third kappa shape index (κ3) is 2.23. The molecule has 1 saturated carbocycles. The summed E-state index contributed by atoms with van der Waals surface area (Å²) in [7, 11) is 0. The zero-order chi connectivity index (χ0) is 14.1. The van der Waals surface area contributed by atoms with Gasteiger partial charge in [0.05, 0.1) is 0 Å². The molecule has 0 aliphatic heterocycles. The Morgan fingerprint density at radius 3 is 3.10 bits per heavy atom. The molecule has 0 saturated heterocycles. The number of nitrogens with one attached hydrogen (secondary N) is 1. The lowest BCUT2D eigenvalue weighted by Gasteiger charge is -2.04. The fourth-order valence-electron chi connectivity index (χ4n) is 2.06. The first kappa shape index (κ1) is 12.6. The third-order valence-electron chi connectivity index (χ3n) is 3.22. The summed E-state index contributed by atoms with van der Waals surface area (Å²) < 4.78 is 1.82. The molecule has 0 spiro atoms. The Morgan fingerprint density at radius 2 is 2.40 bits per heavy atom. The van der Waals surface area contributed by atoms with Crippen LogP contribution in [0.1, 0.15) is 6.42 Å². The van der Waals surface area contributed by atoms with Gasteiger partial charge in [0.2, 0.25) is 5.95 Å². The lowest BCUT2D eigenvalue weighted by molar-refractivity contribution is 0.281. The van der Waals surface area contributed by atoms with Gasteiger partial charge in [-0.15, -0.1) is 6.58 Å². The fourth-order valence-corrected chi connectivity index (χ4v) is 2.06. The average Bonchev–Trinajstić information content (AvgIpc) is 3.08. The number of hydrogen-bond donors (Lipinski definition) is 3. The van der Waals surface area contributed by atoms with Gasteiger partial charge in [-0.1, -0.05) is 6.08 Å². The van der Waals surface area contributed by atoms with Gasteiger partial charge < -0.3 is 16.2 Å². The van der Waals surface area contributed by atoms with Crippen LogP contribution in [0.3, 0.4) is 0 Å². The Morgan fingerprint density at radius 1 is 1.55 bits per heavy atom. The summed E-state index contributed by atoms with van der Waals surface area (Å²) in [6.07, 6.45) is 6.27. The summed E-state index contributed by atoms with van der Waals surface area (Å²) in [5, 5.41) is 12.2. The molecule has 104 valence electrons. The first-order valence-corrected chi connectivity index (χ1v) is 6.39. The number of nitrogen functional groups attached to an aromatic ring is 1. The number of hydrogen-bond acceptors (Lipinski definition) is 6. The van der Waals surface area contributed by atoms with Crippen LogP contribution in [0.25, 0.3) is 17.4 Å². The van der Waals surface area contributed by atoms with Crippen molar-refractivity contribution in [2.24, 2.45) is 5.92 Å². The Hall–Kier alpha value is -2.41. The van der Waals surface area contributed by atoms with Crippen molar-refractivity contribution in [1.29, 1.82) is 0 Å². The second kappa shape index (κ2) is 4.93. The topological polar surface area (TPSA) is 102 Å². The zero-order valence-corrected chi connectivity index (χ0v) is 11.0. The standard InChI is InChI=1S/C13H16N6O/c1-2-3-15-11-10-12(18-13(14)17-11)19(7-16-10)5-8-4-9(8)6-20/h2,5,7,9,20H,1,3-4,6H2,(H3,14,15,17,18). The van der Waals surface area contributed by atoms with Gasteiger partial charge in [-0.3, -0.25) is 4.57 Å². The number of rotatable bonds is 5. The predicted molar refractivity (Wildman–Crippen MR) is 77.9 cm³/mol. The minimum Gasteiger partial charge on any atom is -0.396 e. The van der Waals surface area contributed by atoms with E-state index in [2.05, 4.69) is 26.8 Å². The van der Waals surface area contributed by atoms with Crippen molar-refractivity contribution in [1.82, 2.24) is 19.5 Å². The van der Waals surface area contributed by atoms with E-state index in [1.807, 2.05) is 10.8 Å². The average molecular weight is 272 g/mol. The van der Waals surface area contributed by atoms with Gasteiger partial charge >= 0.3 is 0 Å². The van der Waals surface area contributed by atoms with Crippen molar-refractivity contribution in [3.8, 4) is 0 Å². The molecule has 7 heteroatoms. The fraction of sp³-hybridized carbons (Fsp3) is 0.308. The molecule has 0 radical (unpaired) electrons. The molecule has 1 unspecified atom stereocenters. The lowest BCUT2D eigenvalue weighted by Crippen LogP contribution is -2.05. The number of imidazole rings is 1. The van der Waals surface area contributed by atoms with Gasteiger partial charge in [0.15, 0.2) is 17.0 Å². The third-order valence-corrected chi connectivity index (χ3v) is 3.22. The molecule has 2 aromatic rings. The highest BCUT2D eigenvalue weighted by molar-refractivity contribution is 5.85. The Bertz CT molecular complexity index is 689. The van der Waals surface area contributed by atoms with Crippen molar-refractivity contribution in [3.05, 3.63) is 24.6 Å². The van der Waals surface area contributed by atoms with Gasteiger partial charge in [0, 0.05) is 25.3 Å². The van der Waals surface area contributed by atoms with Crippen LogP contribution in [0.4, 0.5) is 11.8 Å². The Balaban J connectivity index is 2.01. The molecule has 2 heterocycles. The van der Waals surface area contributed by atoms with Gasteiger partial charge in [0.1, 0.15) is 6.33 Å². The molecule has 1 atom stereocenters. The number of nitrogens with two attached hydrogens (primary N) is 1. The first-order valence-electron chi connectivity index (χ1n) is 6.39. The molecule has 0 amide bonds. The van der Waals surface area contributed by atoms with E-state index in [1.165, 1.54) is 5.57 Å². The minimum atomic E-state index is 0.182. The van der Waals surface area contributed by atoms with E-state index >= 15 is 0 Å². The minimum absolute atomic E-state index is 0.182. The van der Waals surface area contributed by atoms with Crippen LogP contribution < -0.4 is 11.1 Å². The summed E-state index contributed by atoms with van der Waals surface area (Å²) in [5.74, 6) is 1.06. The first-order chi connectivity index (χ1) is 9.72. The van der Waals surface area contributed by atoms with Crippen molar-refractivity contribution in [2.75, 3.05) is 24.2 Å². The van der Waals surface area contributed by atoms with Crippen LogP contribution >= 0.6 is 0 Å². The predicted octanol–water partition coefficient (Wildman–Crippen LogP) is 0.859. The molecular formula is C13H16N6O. The second-order valence-corrected chi connectivity index (χ2v) is 4.71. The molecule has 7 nitrogen and oxygen atoms in total. The van der Waals surface area contributed by atoms with Crippen molar-refractivity contribution < 1.29 is 5.11 Å². The van der Waals surface area contributed by atoms with E-state index in [9.17, 15) is 0 Å². The van der Waals surface area contributed by atoms with E-state index in [4.69, 9.17) is 10.8 Å². The van der Waals surface area contributed by atoms with Crippen molar-refractivity contribution in [2.45, 2.75) is 6.42 Å². The van der Waals surface area contributed by atoms with E-state index in [0.717, 1.165) is 6.42 Å². The molecule has 4 N–H and O–H groups in total. The van der Waals surface area contributed by atoms with Crippen LogP contribution in [-0.2, 0) is 0 Å². The van der Waals surface area contributed by atoms with Gasteiger partial charge in [0.25, 0.3) is 0 Å². The molecule has 20 heavy (non-hydrogen) atoms. The normalized spacial score (nSPS) is 19.4. The maximum atomic E-state index is 9.07. The number of aliphatic hydroxyl groups is 1. The SMILES string of the molecule is C=CCNc1nc(N)nc2c1ncn2C=C1CC1CO. The lowest BCUT2D eigenvalue weighted by atomic mass is 10.4. The Kier molecular flexibility index (Phi) is 3.11. The molecule has 0 aromatic carbocycles. The summed E-state index contributed by atoms with van der Waals surface area (Å²) in [6.45, 7) is 4.41. The van der Waals surface area contributed by atoms with E-state index < -0.39 is 0 Å². The number of fused-ring (bicyclic) bond motifs is 1. The molecule has 2 aromatic heterocycles. The number of aromatic nitrogens is 4. The van der Waals surface area contributed by atoms with Crippen molar-refractivity contribution >= 4 is 29.1 Å². The van der Waals surface area contributed by atoms with Crippen LogP contribution in [0.5, 0.6) is 0 Å². The molecule has 3 rings (SSSR count). The summed E-state index contributed by atoms with van der Waals surface area (Å²) in [6, 6.07) is 0. The van der Waals surface area contributed by atoms with Crippen LogP contribution in [0.15, 0.2) is 24.6 Å². The largest absolute Gasteiger partial charge is 0.396 e. The van der Waals surface area contributed by atoms with Gasteiger partial charge in [-0.25, -0.2) is 4.98 Å². The monoisotopic (exact) mass is 272 g/mol. The molecule has 0 bridgehead atoms. The summed E-state index contributed by atoms with van der Waals surface area (Å²) in [5.41, 5.74) is 8.24. The molecule has 1 fully saturated rings. The molecular weight excluding hydrogens is 256 g/mol. The smallest absolute Gasteiger partial charge is 0.224 e. The number of anilines is 2. The number of nitrogens with zero attached hydrogens (tertiary/aromatic N) is 4. The quantitative estimate of drug-likeness (QED) is 0.698. The zero-order valence-electron chi connectivity index (χ0n) is 11.0. The van der Waals surface area contributed by atoms with Crippen LogP contribution in [0, 0.1) is 5.92 Å². The summed E-state index contributed by atoms with van der Waals surface area (Å²) >= 11 is 0. The molecule has 1 aliphatic carbocycles. The Labute approximate surface area is 115 Å².